The Balaban J connectivity index is 1.62. The van der Waals surface area contributed by atoms with Crippen molar-refractivity contribution in [3.63, 3.8) is 0 Å². The number of hydrogen-bond donors (Lipinski definition) is 0. The van der Waals surface area contributed by atoms with Gasteiger partial charge in [-0.25, -0.2) is 13.8 Å². The van der Waals surface area contributed by atoms with Gasteiger partial charge in [0, 0.05) is 17.2 Å². The molecule has 0 radical (unpaired) electrons. The highest BCUT2D eigenvalue weighted by atomic mass is 19.1. The quantitative estimate of drug-likeness (QED) is 0.359. The van der Waals surface area contributed by atoms with Crippen molar-refractivity contribution in [1.82, 2.24) is 4.98 Å². The molecule has 0 amide bonds. The Morgan fingerprint density at radius 2 is 1.83 bits per heavy atom. The standard InChI is InChI=1S/C24H21F2NO2/c1-15(2)10-11-28-19-5-3-4-17(12-19)24-27-22-9-6-16(13-23(22)29-24)20-8-7-18(25)14-21(20)26/h3-9,12-15H,10-11H2,1-2H3. The zero-order valence-corrected chi connectivity index (χ0v) is 16.3. The molecule has 1 heterocycles. The number of oxazole rings is 1. The fourth-order valence-corrected chi connectivity index (χ4v) is 3.07. The SMILES string of the molecule is CC(C)CCOc1cccc(-c2nc3ccc(-c4ccc(F)cc4F)cc3o2)c1. The van der Waals surface area contributed by atoms with Crippen molar-refractivity contribution in [3.8, 4) is 28.3 Å². The average Bonchev–Trinajstić information content (AvgIpc) is 3.11. The lowest BCUT2D eigenvalue weighted by Gasteiger charge is -2.08. The molecular formula is C24H21F2NO2. The summed E-state index contributed by atoms with van der Waals surface area (Å²) in [4.78, 5) is 4.53. The number of benzene rings is 3. The predicted molar refractivity (Wildman–Crippen MR) is 110 cm³/mol. The lowest BCUT2D eigenvalue weighted by atomic mass is 10.0. The van der Waals surface area contributed by atoms with Crippen LogP contribution >= 0.6 is 0 Å². The van der Waals surface area contributed by atoms with Crippen LogP contribution in [0.4, 0.5) is 8.78 Å². The van der Waals surface area contributed by atoms with E-state index in [1.165, 1.54) is 12.1 Å². The van der Waals surface area contributed by atoms with E-state index in [1.54, 1.807) is 18.2 Å². The van der Waals surface area contributed by atoms with Crippen molar-refractivity contribution in [2.45, 2.75) is 20.3 Å². The minimum atomic E-state index is -0.615. The largest absolute Gasteiger partial charge is 0.494 e. The smallest absolute Gasteiger partial charge is 0.227 e. The van der Waals surface area contributed by atoms with Crippen LogP contribution in [0.5, 0.6) is 5.75 Å². The van der Waals surface area contributed by atoms with Crippen molar-refractivity contribution in [1.29, 1.82) is 0 Å². The van der Waals surface area contributed by atoms with Gasteiger partial charge in [0.05, 0.1) is 6.61 Å². The molecule has 0 fully saturated rings. The molecule has 148 valence electrons. The Bertz CT molecular complexity index is 1150. The fraction of sp³-hybridized carbons (Fsp3) is 0.208. The van der Waals surface area contributed by atoms with Crippen LogP contribution in [0.2, 0.25) is 0 Å². The summed E-state index contributed by atoms with van der Waals surface area (Å²) in [7, 11) is 0. The normalized spacial score (nSPS) is 11.3. The molecule has 3 aromatic carbocycles. The maximum atomic E-state index is 14.1. The Labute approximate surface area is 168 Å². The monoisotopic (exact) mass is 393 g/mol. The number of rotatable bonds is 6. The number of aromatic nitrogens is 1. The molecule has 1 aromatic heterocycles. The molecule has 4 aromatic rings. The summed E-state index contributed by atoms with van der Waals surface area (Å²) >= 11 is 0. The van der Waals surface area contributed by atoms with E-state index in [2.05, 4.69) is 18.8 Å². The maximum absolute atomic E-state index is 14.1. The second-order valence-electron chi connectivity index (χ2n) is 7.38. The van der Waals surface area contributed by atoms with Gasteiger partial charge in [-0.1, -0.05) is 26.0 Å². The van der Waals surface area contributed by atoms with Crippen LogP contribution in [-0.4, -0.2) is 11.6 Å². The molecule has 4 rings (SSSR count). The van der Waals surface area contributed by atoms with Crippen molar-refractivity contribution in [2.24, 2.45) is 5.92 Å². The molecule has 29 heavy (non-hydrogen) atoms. The molecule has 0 N–H and O–H groups in total. The van der Waals surface area contributed by atoms with Gasteiger partial charge in [-0.2, -0.15) is 0 Å². The van der Waals surface area contributed by atoms with Crippen molar-refractivity contribution < 1.29 is 17.9 Å². The zero-order valence-electron chi connectivity index (χ0n) is 16.3. The third-order valence-electron chi connectivity index (χ3n) is 4.68. The maximum Gasteiger partial charge on any atom is 0.227 e. The predicted octanol–water partition coefficient (Wildman–Crippen LogP) is 6.86. The summed E-state index contributed by atoms with van der Waals surface area (Å²) < 4.78 is 39.0. The first-order chi connectivity index (χ1) is 14.0. The molecule has 0 saturated heterocycles. The van der Waals surface area contributed by atoms with Gasteiger partial charge >= 0.3 is 0 Å². The topological polar surface area (TPSA) is 35.3 Å². The van der Waals surface area contributed by atoms with Crippen LogP contribution in [0.1, 0.15) is 20.3 Å². The molecule has 0 atom stereocenters. The average molecular weight is 393 g/mol. The highest BCUT2D eigenvalue weighted by Crippen LogP contribution is 2.31. The number of nitrogens with zero attached hydrogens (tertiary/aromatic N) is 1. The van der Waals surface area contributed by atoms with Gasteiger partial charge in [0.15, 0.2) is 5.58 Å². The molecular weight excluding hydrogens is 372 g/mol. The van der Waals surface area contributed by atoms with E-state index < -0.39 is 11.6 Å². The van der Waals surface area contributed by atoms with Crippen LogP contribution in [-0.2, 0) is 0 Å². The fourth-order valence-electron chi connectivity index (χ4n) is 3.07. The second-order valence-corrected chi connectivity index (χ2v) is 7.38. The number of fused-ring (bicyclic) bond motifs is 1. The van der Waals surface area contributed by atoms with E-state index in [9.17, 15) is 8.78 Å². The molecule has 3 nitrogen and oxygen atoms in total. The van der Waals surface area contributed by atoms with Crippen LogP contribution in [0.3, 0.4) is 0 Å². The molecule has 0 unspecified atom stereocenters. The number of hydrogen-bond acceptors (Lipinski definition) is 3. The molecule has 0 aliphatic rings. The van der Waals surface area contributed by atoms with E-state index in [4.69, 9.17) is 9.15 Å². The molecule has 0 spiro atoms. The molecule has 0 bridgehead atoms. The van der Waals surface area contributed by atoms with Gasteiger partial charge < -0.3 is 9.15 Å². The second kappa shape index (κ2) is 8.03. The molecule has 0 aliphatic heterocycles. The Hall–Kier alpha value is -3.21. The van der Waals surface area contributed by atoms with E-state index in [1.807, 2.05) is 24.3 Å². The van der Waals surface area contributed by atoms with Crippen molar-refractivity contribution in [3.05, 3.63) is 72.3 Å². The Morgan fingerprint density at radius 3 is 2.62 bits per heavy atom. The Morgan fingerprint density at radius 1 is 0.966 bits per heavy atom. The lowest BCUT2D eigenvalue weighted by Crippen LogP contribution is -2.01. The van der Waals surface area contributed by atoms with Gasteiger partial charge in [-0.3, -0.25) is 0 Å². The van der Waals surface area contributed by atoms with E-state index >= 15 is 0 Å². The third-order valence-corrected chi connectivity index (χ3v) is 4.68. The summed E-state index contributed by atoms with van der Waals surface area (Å²) in [6.45, 7) is 4.97. The first-order valence-electron chi connectivity index (χ1n) is 9.59. The molecule has 0 aliphatic carbocycles. The van der Waals surface area contributed by atoms with E-state index in [0.717, 1.165) is 23.8 Å². The van der Waals surface area contributed by atoms with Gasteiger partial charge in [0.1, 0.15) is 22.9 Å². The van der Waals surface area contributed by atoms with Gasteiger partial charge in [0.25, 0.3) is 0 Å². The van der Waals surface area contributed by atoms with Crippen molar-refractivity contribution in [2.75, 3.05) is 6.61 Å². The first-order valence-corrected chi connectivity index (χ1v) is 9.59. The molecule has 5 heteroatoms. The highest BCUT2D eigenvalue weighted by molar-refractivity contribution is 5.82. The van der Waals surface area contributed by atoms with Crippen LogP contribution in [0.25, 0.3) is 33.7 Å². The first kappa shape index (κ1) is 19.1. The number of halogens is 2. The van der Waals surface area contributed by atoms with Crippen LogP contribution in [0.15, 0.2) is 65.1 Å². The lowest BCUT2D eigenvalue weighted by molar-refractivity contribution is 0.289. The third kappa shape index (κ3) is 4.29. The Kier molecular flexibility index (Phi) is 5.30. The molecule has 0 saturated carbocycles. The van der Waals surface area contributed by atoms with E-state index in [-0.39, 0.29) is 0 Å². The minimum absolute atomic E-state index is 0.312. The zero-order chi connectivity index (χ0) is 20.4. The summed E-state index contributed by atoms with van der Waals surface area (Å²) in [6, 6.07) is 16.4. The summed E-state index contributed by atoms with van der Waals surface area (Å²) in [5.74, 6) is 0.584. The van der Waals surface area contributed by atoms with Gasteiger partial charge in [-0.15, -0.1) is 0 Å². The summed E-state index contributed by atoms with van der Waals surface area (Å²) in [5.41, 5.74) is 2.91. The van der Waals surface area contributed by atoms with Gasteiger partial charge in [0.2, 0.25) is 5.89 Å². The van der Waals surface area contributed by atoms with E-state index in [0.29, 0.717) is 40.6 Å². The van der Waals surface area contributed by atoms with Crippen LogP contribution in [0, 0.1) is 17.6 Å². The van der Waals surface area contributed by atoms with Crippen molar-refractivity contribution >= 4 is 11.1 Å². The summed E-state index contributed by atoms with van der Waals surface area (Å²) in [6.07, 6.45) is 0.982. The highest BCUT2D eigenvalue weighted by Gasteiger charge is 2.12. The number of ether oxygens (including phenoxy) is 1. The van der Waals surface area contributed by atoms with Crippen LogP contribution < -0.4 is 4.74 Å². The van der Waals surface area contributed by atoms with Gasteiger partial charge in [-0.05, 0) is 60.4 Å². The summed E-state index contributed by atoms with van der Waals surface area (Å²) in [5, 5.41) is 0. The minimum Gasteiger partial charge on any atom is -0.494 e.